The van der Waals surface area contributed by atoms with E-state index in [4.69, 9.17) is 11.6 Å². The third kappa shape index (κ3) is 3.83. The van der Waals surface area contributed by atoms with Crippen LogP contribution in [-0.2, 0) is 0 Å². The second-order valence-electron chi connectivity index (χ2n) is 3.47. The largest absolute Gasteiger partial charge is 0.313 e. The molecule has 1 rings (SSSR count). The van der Waals surface area contributed by atoms with Gasteiger partial charge in [-0.05, 0) is 44.2 Å². The lowest BCUT2D eigenvalue weighted by Gasteiger charge is -2.17. The molecule has 1 aromatic carbocycles. The van der Waals surface area contributed by atoms with Crippen molar-refractivity contribution in [2.75, 3.05) is 7.05 Å². The fourth-order valence-corrected chi connectivity index (χ4v) is 2.28. The van der Waals surface area contributed by atoms with Crippen LogP contribution in [0.4, 0.5) is 0 Å². The van der Waals surface area contributed by atoms with E-state index in [1.54, 1.807) is 0 Å². The molecule has 0 amide bonds. The number of hydrogen-bond donors (Lipinski definition) is 1. The summed E-state index contributed by atoms with van der Waals surface area (Å²) in [6.07, 6.45) is 1.87. The smallest absolute Gasteiger partial charge is 0.0410 e. The zero-order valence-corrected chi connectivity index (χ0v) is 11.8. The van der Waals surface area contributed by atoms with Crippen LogP contribution in [-0.4, -0.2) is 7.05 Å². The third-order valence-electron chi connectivity index (χ3n) is 2.42. The molecule has 0 aliphatic heterocycles. The van der Waals surface area contributed by atoms with E-state index in [-0.39, 0.29) is 6.04 Å². The fourth-order valence-electron chi connectivity index (χ4n) is 1.58. The normalized spacial score (nSPS) is 11.8. The van der Waals surface area contributed by atoms with Crippen molar-refractivity contribution in [2.45, 2.75) is 25.8 Å². The van der Waals surface area contributed by atoms with E-state index in [0.29, 0.717) is 0 Å². The van der Waals surface area contributed by atoms with Crippen molar-refractivity contribution in [2.24, 2.45) is 0 Å². The van der Waals surface area contributed by atoms with E-state index >= 15 is 0 Å². The van der Waals surface area contributed by atoms with Gasteiger partial charge < -0.3 is 5.32 Å². The van der Waals surface area contributed by atoms with Crippen LogP contribution < -0.4 is 5.32 Å². The molecule has 0 heterocycles. The standard InChI is InChI=1S/C13H15BrClN/c1-3-4-5-6-13(16-2)11-9-10(15)7-8-12(11)14/h7-9,13,16H,5-6H2,1-2H3. The van der Waals surface area contributed by atoms with Crippen molar-refractivity contribution < 1.29 is 0 Å². The van der Waals surface area contributed by atoms with Crippen LogP contribution in [0.2, 0.25) is 5.02 Å². The Hall–Kier alpha value is -0.490. The topological polar surface area (TPSA) is 12.0 Å². The van der Waals surface area contributed by atoms with Gasteiger partial charge in [0.2, 0.25) is 0 Å². The molecule has 0 spiro atoms. The van der Waals surface area contributed by atoms with Crippen LogP contribution >= 0.6 is 27.5 Å². The lowest BCUT2D eigenvalue weighted by Crippen LogP contribution is -2.16. The zero-order valence-electron chi connectivity index (χ0n) is 9.48. The minimum atomic E-state index is 0.286. The summed E-state index contributed by atoms with van der Waals surface area (Å²) < 4.78 is 1.08. The molecule has 1 unspecified atom stereocenters. The average molecular weight is 301 g/mol. The van der Waals surface area contributed by atoms with Crippen molar-refractivity contribution in [3.8, 4) is 11.8 Å². The van der Waals surface area contributed by atoms with Gasteiger partial charge in [-0.3, -0.25) is 0 Å². The Labute approximate surface area is 111 Å². The van der Waals surface area contributed by atoms with Crippen LogP contribution in [0.3, 0.4) is 0 Å². The molecule has 0 radical (unpaired) electrons. The summed E-state index contributed by atoms with van der Waals surface area (Å²) in [5.74, 6) is 5.99. The van der Waals surface area contributed by atoms with E-state index in [2.05, 4.69) is 33.1 Å². The van der Waals surface area contributed by atoms with Crippen molar-refractivity contribution in [3.63, 3.8) is 0 Å². The first-order valence-corrected chi connectivity index (χ1v) is 6.38. The monoisotopic (exact) mass is 299 g/mol. The highest BCUT2D eigenvalue weighted by molar-refractivity contribution is 9.10. The van der Waals surface area contributed by atoms with Crippen LogP contribution in [0.25, 0.3) is 0 Å². The van der Waals surface area contributed by atoms with E-state index in [1.807, 2.05) is 32.2 Å². The summed E-state index contributed by atoms with van der Waals surface area (Å²) in [7, 11) is 1.96. The molecule has 0 bridgehead atoms. The quantitative estimate of drug-likeness (QED) is 0.823. The van der Waals surface area contributed by atoms with Crippen molar-refractivity contribution >= 4 is 27.5 Å². The van der Waals surface area contributed by atoms with Crippen LogP contribution in [0, 0.1) is 11.8 Å². The summed E-state index contributed by atoms with van der Waals surface area (Å²) in [5, 5.41) is 4.05. The van der Waals surface area contributed by atoms with Gasteiger partial charge in [-0.1, -0.05) is 27.5 Å². The highest BCUT2D eigenvalue weighted by Gasteiger charge is 2.12. The van der Waals surface area contributed by atoms with Gasteiger partial charge >= 0.3 is 0 Å². The van der Waals surface area contributed by atoms with Crippen molar-refractivity contribution in [1.29, 1.82) is 0 Å². The second kappa shape index (κ2) is 6.96. The van der Waals surface area contributed by atoms with Crippen LogP contribution in [0.5, 0.6) is 0 Å². The summed E-state index contributed by atoms with van der Waals surface area (Å²) >= 11 is 9.55. The van der Waals surface area contributed by atoms with Crippen LogP contribution in [0.1, 0.15) is 31.4 Å². The summed E-state index contributed by atoms with van der Waals surface area (Å²) in [4.78, 5) is 0. The Balaban J connectivity index is 2.84. The Bertz CT molecular complexity index is 406. The zero-order chi connectivity index (χ0) is 12.0. The van der Waals surface area contributed by atoms with Gasteiger partial charge in [0.15, 0.2) is 0 Å². The Morgan fingerprint density at radius 1 is 1.50 bits per heavy atom. The molecule has 1 nitrogen and oxygen atoms in total. The number of benzene rings is 1. The minimum absolute atomic E-state index is 0.286. The van der Waals surface area contributed by atoms with Crippen LogP contribution in [0.15, 0.2) is 22.7 Å². The van der Waals surface area contributed by atoms with Gasteiger partial charge in [0.1, 0.15) is 0 Å². The maximum absolute atomic E-state index is 6.00. The minimum Gasteiger partial charge on any atom is -0.313 e. The molecule has 86 valence electrons. The predicted octanol–water partition coefficient (Wildman–Crippen LogP) is 4.17. The molecule has 0 saturated heterocycles. The molecule has 0 fully saturated rings. The summed E-state index contributed by atoms with van der Waals surface area (Å²) in [5.41, 5.74) is 1.19. The number of rotatable bonds is 4. The molecule has 1 atom stereocenters. The number of nitrogens with one attached hydrogen (secondary N) is 1. The van der Waals surface area contributed by atoms with E-state index in [9.17, 15) is 0 Å². The maximum Gasteiger partial charge on any atom is 0.0410 e. The Morgan fingerprint density at radius 2 is 2.25 bits per heavy atom. The first-order chi connectivity index (χ1) is 7.69. The molecule has 0 aromatic heterocycles. The number of hydrogen-bond acceptors (Lipinski definition) is 1. The lowest BCUT2D eigenvalue weighted by atomic mass is 10.0. The molecular formula is C13H15BrClN. The van der Waals surface area contributed by atoms with Gasteiger partial charge in [-0.15, -0.1) is 11.8 Å². The van der Waals surface area contributed by atoms with E-state index in [0.717, 1.165) is 22.3 Å². The number of halogens is 2. The summed E-state index contributed by atoms with van der Waals surface area (Å²) in [6, 6.07) is 6.14. The Kier molecular flexibility index (Phi) is 5.90. The molecule has 16 heavy (non-hydrogen) atoms. The Morgan fingerprint density at radius 3 is 2.88 bits per heavy atom. The van der Waals surface area contributed by atoms with Gasteiger partial charge in [0.25, 0.3) is 0 Å². The lowest BCUT2D eigenvalue weighted by molar-refractivity contribution is 0.556. The molecular weight excluding hydrogens is 286 g/mol. The first-order valence-electron chi connectivity index (χ1n) is 5.21. The molecule has 1 N–H and O–H groups in total. The van der Waals surface area contributed by atoms with Crippen molar-refractivity contribution in [1.82, 2.24) is 5.32 Å². The molecule has 0 saturated carbocycles. The SMILES string of the molecule is CC#CCCC(NC)c1cc(Cl)ccc1Br. The average Bonchev–Trinajstić information content (AvgIpc) is 2.28. The predicted molar refractivity (Wildman–Crippen MR) is 73.6 cm³/mol. The summed E-state index contributed by atoms with van der Waals surface area (Å²) in [6.45, 7) is 1.86. The molecule has 0 aliphatic carbocycles. The van der Waals surface area contributed by atoms with Gasteiger partial charge in [0.05, 0.1) is 0 Å². The third-order valence-corrected chi connectivity index (χ3v) is 3.37. The molecule has 0 aliphatic rings. The first kappa shape index (κ1) is 13.6. The molecule has 3 heteroatoms. The van der Waals surface area contributed by atoms with Gasteiger partial charge in [-0.2, -0.15) is 0 Å². The molecule has 1 aromatic rings. The van der Waals surface area contributed by atoms with E-state index in [1.165, 1.54) is 5.56 Å². The second-order valence-corrected chi connectivity index (χ2v) is 4.76. The van der Waals surface area contributed by atoms with Crippen molar-refractivity contribution in [3.05, 3.63) is 33.3 Å². The highest BCUT2D eigenvalue weighted by atomic mass is 79.9. The van der Waals surface area contributed by atoms with Gasteiger partial charge in [0, 0.05) is 22.0 Å². The fraction of sp³-hybridized carbons (Fsp3) is 0.385. The highest BCUT2D eigenvalue weighted by Crippen LogP contribution is 2.28. The van der Waals surface area contributed by atoms with Gasteiger partial charge in [-0.25, -0.2) is 0 Å². The van der Waals surface area contributed by atoms with E-state index < -0.39 is 0 Å². The maximum atomic E-state index is 6.00.